The summed E-state index contributed by atoms with van der Waals surface area (Å²) < 4.78 is 15.9. The van der Waals surface area contributed by atoms with Gasteiger partial charge in [-0.3, -0.25) is 4.90 Å². The number of carbonyl (C=O) groups excluding carboxylic acids is 3. The van der Waals surface area contributed by atoms with E-state index in [9.17, 15) is 14.4 Å². The molecule has 0 bridgehead atoms. The first-order valence-electron chi connectivity index (χ1n) is 9.40. The molecule has 2 aliphatic rings. The van der Waals surface area contributed by atoms with Crippen molar-refractivity contribution in [1.29, 1.82) is 0 Å². The van der Waals surface area contributed by atoms with Gasteiger partial charge in [-0.05, 0) is 48.5 Å². The van der Waals surface area contributed by atoms with E-state index in [-0.39, 0.29) is 31.7 Å². The van der Waals surface area contributed by atoms with Gasteiger partial charge in [-0.2, -0.15) is 0 Å². The van der Waals surface area contributed by atoms with E-state index < -0.39 is 40.9 Å². The average molecular weight is 398 g/mol. The summed E-state index contributed by atoms with van der Waals surface area (Å²) in [6, 6.07) is -0.897. The van der Waals surface area contributed by atoms with Crippen molar-refractivity contribution in [1.82, 2.24) is 4.90 Å². The topological polar surface area (TPSA) is 104 Å². The Labute approximate surface area is 165 Å². The predicted octanol–water partition coefficient (Wildman–Crippen LogP) is 2.42. The first-order chi connectivity index (χ1) is 12.8. The van der Waals surface area contributed by atoms with Crippen LogP contribution in [0.3, 0.4) is 0 Å². The molecular formula is C19H30N2O7. The zero-order valence-electron chi connectivity index (χ0n) is 17.7. The zero-order valence-corrected chi connectivity index (χ0v) is 17.7. The van der Waals surface area contributed by atoms with Gasteiger partial charge in [0.15, 0.2) is 11.3 Å². The number of rotatable bonds is 3. The molecule has 28 heavy (non-hydrogen) atoms. The summed E-state index contributed by atoms with van der Waals surface area (Å²) >= 11 is 0. The maximum absolute atomic E-state index is 12.7. The van der Waals surface area contributed by atoms with Crippen LogP contribution in [0, 0.1) is 0 Å². The van der Waals surface area contributed by atoms with E-state index in [4.69, 9.17) is 19.0 Å². The van der Waals surface area contributed by atoms with Crippen LogP contribution < -0.4 is 0 Å². The minimum absolute atomic E-state index is 0.0538. The number of hydrogen-bond donors (Lipinski definition) is 0. The second kappa shape index (κ2) is 7.60. The maximum atomic E-state index is 12.7. The van der Waals surface area contributed by atoms with Gasteiger partial charge in [-0.1, -0.05) is 5.16 Å². The number of nitrogens with zero attached hydrogens (tertiary/aromatic N) is 2. The molecule has 0 unspecified atom stereocenters. The molecule has 2 rings (SSSR count). The summed E-state index contributed by atoms with van der Waals surface area (Å²) in [5, 5.41) is 3.84. The third-order valence-corrected chi connectivity index (χ3v) is 4.06. The van der Waals surface area contributed by atoms with Crippen LogP contribution >= 0.6 is 0 Å². The Morgan fingerprint density at radius 2 is 1.75 bits per heavy atom. The Balaban J connectivity index is 2.21. The van der Waals surface area contributed by atoms with Gasteiger partial charge in [0, 0.05) is 12.8 Å². The van der Waals surface area contributed by atoms with Crippen molar-refractivity contribution in [2.45, 2.75) is 84.2 Å². The Morgan fingerprint density at radius 3 is 2.29 bits per heavy atom. The quantitative estimate of drug-likeness (QED) is 0.531. The lowest BCUT2D eigenvalue weighted by Crippen LogP contribution is -2.46. The lowest BCUT2D eigenvalue weighted by atomic mass is 9.94. The minimum atomic E-state index is -0.986. The molecule has 2 atom stereocenters. The molecular weight excluding hydrogens is 368 g/mol. The highest BCUT2D eigenvalue weighted by molar-refractivity contribution is 6.36. The van der Waals surface area contributed by atoms with Crippen molar-refractivity contribution < 1.29 is 33.4 Å². The predicted molar refractivity (Wildman–Crippen MR) is 99.7 cm³/mol. The number of oxime groups is 1. The molecule has 1 fully saturated rings. The van der Waals surface area contributed by atoms with Gasteiger partial charge in [0.2, 0.25) is 0 Å². The highest BCUT2D eigenvalue weighted by Gasteiger charge is 2.56. The molecule has 1 saturated heterocycles. The molecule has 0 aromatic carbocycles. The van der Waals surface area contributed by atoms with Gasteiger partial charge in [0.25, 0.3) is 0 Å². The van der Waals surface area contributed by atoms with Crippen LogP contribution in [0.1, 0.15) is 61.3 Å². The van der Waals surface area contributed by atoms with Crippen molar-refractivity contribution >= 4 is 23.7 Å². The van der Waals surface area contributed by atoms with Crippen LogP contribution in [-0.2, 0) is 28.6 Å². The van der Waals surface area contributed by atoms with Crippen molar-refractivity contribution in [3.05, 3.63) is 0 Å². The second-order valence-corrected chi connectivity index (χ2v) is 9.07. The summed E-state index contributed by atoms with van der Waals surface area (Å²) in [7, 11) is 0. The molecule has 0 aliphatic carbocycles. The first-order valence-corrected chi connectivity index (χ1v) is 9.40. The molecule has 1 spiro atoms. The van der Waals surface area contributed by atoms with E-state index in [1.165, 1.54) is 4.90 Å². The average Bonchev–Trinajstić information content (AvgIpc) is 3.09. The fourth-order valence-electron chi connectivity index (χ4n) is 3.08. The van der Waals surface area contributed by atoms with E-state index in [1.807, 2.05) is 0 Å². The van der Waals surface area contributed by atoms with E-state index in [0.717, 1.165) is 0 Å². The van der Waals surface area contributed by atoms with Crippen molar-refractivity contribution in [2.24, 2.45) is 5.16 Å². The van der Waals surface area contributed by atoms with Crippen molar-refractivity contribution in [2.75, 3.05) is 13.2 Å². The van der Waals surface area contributed by atoms with Crippen LogP contribution in [0.4, 0.5) is 4.79 Å². The highest BCUT2D eigenvalue weighted by Crippen LogP contribution is 2.39. The minimum Gasteiger partial charge on any atom is -0.461 e. The Bertz CT molecular complexity index is 637. The molecule has 0 radical (unpaired) electrons. The Hall–Kier alpha value is -2.32. The number of ether oxygens (including phenoxy) is 3. The van der Waals surface area contributed by atoms with E-state index >= 15 is 0 Å². The standard InChI is InChI=1S/C19H30N2O7/c1-8-25-14(22)12-9-19(28-20-12)10-13(15(23)26-17(2,3)4)21(11-19)16(24)27-18(5,6)7/h13H,8-11H2,1-7H3/t13-,19-/m0/s1. The van der Waals surface area contributed by atoms with Gasteiger partial charge in [0.1, 0.15) is 17.2 Å². The van der Waals surface area contributed by atoms with Crippen LogP contribution in [0.15, 0.2) is 5.16 Å². The summed E-state index contributed by atoms with van der Waals surface area (Å²) in [5.41, 5.74) is -2.29. The number of likely N-dealkylation sites (tertiary alicyclic amines) is 1. The lowest BCUT2D eigenvalue weighted by molar-refractivity contribution is -0.160. The smallest absolute Gasteiger partial charge is 0.411 e. The van der Waals surface area contributed by atoms with Gasteiger partial charge in [0.05, 0.1) is 13.2 Å². The Morgan fingerprint density at radius 1 is 1.14 bits per heavy atom. The fraction of sp³-hybridized carbons (Fsp3) is 0.789. The molecule has 2 heterocycles. The van der Waals surface area contributed by atoms with Gasteiger partial charge in [-0.25, -0.2) is 14.4 Å². The van der Waals surface area contributed by atoms with Gasteiger partial charge < -0.3 is 19.0 Å². The molecule has 0 N–H and O–H groups in total. The molecule has 9 nitrogen and oxygen atoms in total. The van der Waals surface area contributed by atoms with Gasteiger partial charge >= 0.3 is 18.0 Å². The number of hydrogen-bond acceptors (Lipinski definition) is 8. The number of amides is 1. The molecule has 158 valence electrons. The SMILES string of the molecule is CCOC(=O)C1=NO[C@@]2(C1)C[C@@H](C(=O)OC(C)(C)C)N(C(=O)OC(C)(C)C)C2. The fourth-order valence-corrected chi connectivity index (χ4v) is 3.08. The third kappa shape index (κ3) is 5.36. The number of carbonyl (C=O) groups is 3. The van der Waals surface area contributed by atoms with Gasteiger partial charge in [-0.15, -0.1) is 0 Å². The van der Waals surface area contributed by atoms with E-state index in [1.54, 1.807) is 48.5 Å². The van der Waals surface area contributed by atoms with Crippen molar-refractivity contribution in [3.63, 3.8) is 0 Å². The first kappa shape index (κ1) is 22.0. The monoisotopic (exact) mass is 398 g/mol. The normalized spacial score (nSPS) is 24.6. The lowest BCUT2D eigenvalue weighted by Gasteiger charge is -2.29. The Kier molecular flexibility index (Phi) is 5.96. The largest absolute Gasteiger partial charge is 0.461 e. The van der Waals surface area contributed by atoms with Crippen LogP contribution in [0.25, 0.3) is 0 Å². The summed E-state index contributed by atoms with van der Waals surface area (Å²) in [5.74, 6) is -1.12. The van der Waals surface area contributed by atoms with Crippen LogP contribution in [0.2, 0.25) is 0 Å². The highest BCUT2D eigenvalue weighted by atomic mass is 16.7. The molecule has 0 aromatic heterocycles. The summed E-state index contributed by atoms with van der Waals surface area (Å²) in [4.78, 5) is 44.2. The third-order valence-electron chi connectivity index (χ3n) is 4.06. The molecule has 0 aromatic rings. The maximum Gasteiger partial charge on any atom is 0.411 e. The van der Waals surface area contributed by atoms with E-state index in [2.05, 4.69) is 5.16 Å². The number of esters is 2. The summed E-state index contributed by atoms with van der Waals surface area (Å²) in [6.07, 6.45) is -0.355. The zero-order chi connectivity index (χ0) is 21.3. The second-order valence-electron chi connectivity index (χ2n) is 9.07. The van der Waals surface area contributed by atoms with E-state index in [0.29, 0.717) is 0 Å². The molecule has 2 aliphatic heterocycles. The molecule has 9 heteroatoms. The molecule has 0 saturated carbocycles. The van der Waals surface area contributed by atoms with Crippen LogP contribution in [0.5, 0.6) is 0 Å². The van der Waals surface area contributed by atoms with Crippen molar-refractivity contribution in [3.8, 4) is 0 Å². The molecule has 1 amide bonds. The van der Waals surface area contributed by atoms with Crippen LogP contribution in [-0.4, -0.2) is 64.6 Å². The summed E-state index contributed by atoms with van der Waals surface area (Å²) in [6.45, 7) is 12.5.